The van der Waals surface area contributed by atoms with E-state index in [1.54, 1.807) is 6.07 Å². The van der Waals surface area contributed by atoms with Crippen molar-refractivity contribution in [3.63, 3.8) is 0 Å². The van der Waals surface area contributed by atoms with Gasteiger partial charge in [-0.15, -0.1) is 0 Å². The number of hydrogen-bond donors (Lipinski definition) is 0. The third-order valence-electron chi connectivity index (χ3n) is 5.08. The van der Waals surface area contributed by atoms with Crippen molar-refractivity contribution < 1.29 is 22.0 Å². The minimum atomic E-state index is -3.26. The highest BCUT2D eigenvalue weighted by molar-refractivity contribution is 7.91. The quantitative estimate of drug-likeness (QED) is 0.609. The van der Waals surface area contributed by atoms with E-state index in [1.807, 2.05) is 0 Å². The maximum atomic E-state index is 13.3. The van der Waals surface area contributed by atoms with Crippen molar-refractivity contribution in [2.75, 3.05) is 11.5 Å². The number of carbonyl (C=O) groups is 1. The molecule has 0 saturated carbocycles. The SMILES string of the molecule is O=C(c1cc(=O)c2cc(Cl)ccc2o1)N(Cc1ccc(F)cc1)[C@@H]1CCS(=O)(=O)C1. The van der Waals surface area contributed by atoms with Gasteiger partial charge in [0.05, 0.1) is 16.9 Å². The highest BCUT2D eigenvalue weighted by Crippen LogP contribution is 2.24. The Labute approximate surface area is 176 Å². The first kappa shape index (κ1) is 20.6. The molecule has 156 valence electrons. The Bertz CT molecular complexity index is 1290. The smallest absolute Gasteiger partial charge is 0.290 e. The van der Waals surface area contributed by atoms with E-state index in [0.29, 0.717) is 10.6 Å². The summed E-state index contributed by atoms with van der Waals surface area (Å²) < 4.78 is 42.9. The topological polar surface area (TPSA) is 84.7 Å². The number of carbonyl (C=O) groups excluding carboxylic acids is 1. The monoisotopic (exact) mass is 449 g/mol. The molecular weight excluding hydrogens is 433 g/mol. The fourth-order valence-corrected chi connectivity index (χ4v) is 5.45. The van der Waals surface area contributed by atoms with Gasteiger partial charge in [0.1, 0.15) is 11.4 Å². The molecule has 9 heteroatoms. The summed E-state index contributed by atoms with van der Waals surface area (Å²) in [6.45, 7) is 0.0572. The maximum Gasteiger partial charge on any atom is 0.290 e. The lowest BCUT2D eigenvalue weighted by Crippen LogP contribution is -2.40. The van der Waals surface area contributed by atoms with Crippen molar-refractivity contribution in [1.29, 1.82) is 0 Å². The van der Waals surface area contributed by atoms with Crippen LogP contribution in [-0.4, -0.2) is 36.8 Å². The molecule has 1 fully saturated rings. The Balaban J connectivity index is 1.73. The highest BCUT2D eigenvalue weighted by atomic mass is 35.5. The molecule has 2 heterocycles. The van der Waals surface area contributed by atoms with Crippen LogP contribution in [0.2, 0.25) is 5.02 Å². The third-order valence-corrected chi connectivity index (χ3v) is 7.06. The van der Waals surface area contributed by atoms with E-state index in [-0.39, 0.29) is 41.2 Å². The van der Waals surface area contributed by atoms with Crippen LogP contribution in [0.15, 0.2) is 57.7 Å². The summed E-state index contributed by atoms with van der Waals surface area (Å²) in [5.74, 6) is -1.41. The van der Waals surface area contributed by atoms with Crippen LogP contribution in [0.4, 0.5) is 4.39 Å². The fraction of sp³-hybridized carbons (Fsp3) is 0.238. The molecule has 4 rings (SSSR count). The average molecular weight is 450 g/mol. The summed E-state index contributed by atoms with van der Waals surface area (Å²) in [6.07, 6.45) is 0.280. The number of hydrogen-bond acceptors (Lipinski definition) is 5. The largest absolute Gasteiger partial charge is 0.451 e. The molecular formula is C21H17ClFNO5S. The summed E-state index contributed by atoms with van der Waals surface area (Å²) in [4.78, 5) is 27.1. The van der Waals surface area contributed by atoms with Gasteiger partial charge in [0.2, 0.25) is 0 Å². The highest BCUT2D eigenvalue weighted by Gasteiger charge is 2.36. The Morgan fingerprint density at radius 3 is 2.57 bits per heavy atom. The fourth-order valence-electron chi connectivity index (χ4n) is 3.55. The predicted molar refractivity (Wildman–Crippen MR) is 111 cm³/mol. The minimum Gasteiger partial charge on any atom is -0.451 e. The van der Waals surface area contributed by atoms with Gasteiger partial charge >= 0.3 is 0 Å². The molecule has 3 aromatic rings. The lowest BCUT2D eigenvalue weighted by Gasteiger charge is -2.28. The van der Waals surface area contributed by atoms with Crippen LogP contribution in [-0.2, 0) is 16.4 Å². The molecule has 0 unspecified atom stereocenters. The Hall–Kier alpha value is -2.71. The summed E-state index contributed by atoms with van der Waals surface area (Å²) in [5.41, 5.74) is 0.405. The van der Waals surface area contributed by atoms with Crippen LogP contribution in [0, 0.1) is 5.82 Å². The number of benzene rings is 2. The van der Waals surface area contributed by atoms with E-state index in [1.165, 1.54) is 41.3 Å². The molecule has 2 aromatic carbocycles. The maximum absolute atomic E-state index is 13.3. The zero-order chi connectivity index (χ0) is 21.5. The van der Waals surface area contributed by atoms with E-state index < -0.39 is 33.0 Å². The Morgan fingerprint density at radius 2 is 1.90 bits per heavy atom. The standard InChI is InChI=1S/C21H17ClFNO5S/c22-14-3-6-19-17(9-14)18(25)10-20(29-19)21(26)24(16-7-8-30(27,28)12-16)11-13-1-4-15(23)5-2-13/h1-6,9-10,16H,7-8,11-12H2/t16-/m1/s1. The van der Waals surface area contributed by atoms with E-state index in [9.17, 15) is 22.4 Å². The zero-order valence-corrected chi connectivity index (χ0v) is 17.2. The van der Waals surface area contributed by atoms with Gasteiger partial charge < -0.3 is 9.32 Å². The van der Waals surface area contributed by atoms with Crippen molar-refractivity contribution in [3.8, 4) is 0 Å². The molecule has 1 saturated heterocycles. The normalized spacial score (nSPS) is 17.9. The van der Waals surface area contributed by atoms with Crippen molar-refractivity contribution >= 4 is 38.3 Å². The molecule has 0 bridgehead atoms. The van der Waals surface area contributed by atoms with Crippen molar-refractivity contribution in [2.24, 2.45) is 0 Å². The number of fused-ring (bicyclic) bond motifs is 1. The molecule has 0 spiro atoms. The second-order valence-electron chi connectivity index (χ2n) is 7.23. The van der Waals surface area contributed by atoms with E-state index >= 15 is 0 Å². The summed E-state index contributed by atoms with van der Waals surface area (Å²) >= 11 is 5.92. The molecule has 0 radical (unpaired) electrons. The molecule has 1 atom stereocenters. The molecule has 30 heavy (non-hydrogen) atoms. The molecule has 1 amide bonds. The first-order valence-electron chi connectivity index (χ1n) is 9.21. The molecule has 0 N–H and O–H groups in total. The lowest BCUT2D eigenvalue weighted by molar-refractivity contribution is 0.0648. The molecule has 0 aliphatic carbocycles. The number of rotatable bonds is 4. The second-order valence-corrected chi connectivity index (χ2v) is 9.90. The third kappa shape index (κ3) is 4.24. The van der Waals surface area contributed by atoms with Crippen LogP contribution in [0.1, 0.15) is 22.5 Å². The molecule has 1 aliphatic heterocycles. The first-order chi connectivity index (χ1) is 14.2. The van der Waals surface area contributed by atoms with Crippen LogP contribution in [0.5, 0.6) is 0 Å². The Kier molecular flexibility index (Phi) is 5.38. The van der Waals surface area contributed by atoms with Crippen LogP contribution in [0.25, 0.3) is 11.0 Å². The summed E-state index contributed by atoms with van der Waals surface area (Å²) in [6, 6.07) is 10.6. The first-order valence-corrected chi connectivity index (χ1v) is 11.4. The average Bonchev–Trinajstić information content (AvgIpc) is 3.07. The van der Waals surface area contributed by atoms with Gasteiger partial charge in [-0.2, -0.15) is 0 Å². The van der Waals surface area contributed by atoms with Gasteiger partial charge in [-0.05, 0) is 42.3 Å². The number of halogens is 2. The second kappa shape index (κ2) is 7.85. The van der Waals surface area contributed by atoms with Gasteiger partial charge in [0.25, 0.3) is 5.91 Å². The van der Waals surface area contributed by atoms with E-state index in [4.69, 9.17) is 16.0 Å². The molecule has 1 aromatic heterocycles. The van der Waals surface area contributed by atoms with Gasteiger partial charge in [-0.1, -0.05) is 23.7 Å². The minimum absolute atomic E-state index is 0.0228. The van der Waals surface area contributed by atoms with E-state index in [0.717, 1.165) is 6.07 Å². The molecule has 6 nitrogen and oxygen atoms in total. The number of sulfone groups is 1. The summed E-state index contributed by atoms with van der Waals surface area (Å²) in [5, 5.41) is 0.607. The Morgan fingerprint density at radius 1 is 1.17 bits per heavy atom. The predicted octanol–water partition coefficient (Wildman–Crippen LogP) is 3.42. The summed E-state index contributed by atoms with van der Waals surface area (Å²) in [7, 11) is -3.26. The van der Waals surface area contributed by atoms with Crippen LogP contribution >= 0.6 is 11.6 Å². The van der Waals surface area contributed by atoms with Gasteiger partial charge in [-0.3, -0.25) is 9.59 Å². The van der Waals surface area contributed by atoms with Crippen LogP contribution in [0.3, 0.4) is 0 Å². The van der Waals surface area contributed by atoms with Gasteiger partial charge in [0.15, 0.2) is 21.0 Å². The zero-order valence-electron chi connectivity index (χ0n) is 15.7. The van der Waals surface area contributed by atoms with Crippen LogP contribution < -0.4 is 5.43 Å². The lowest BCUT2D eigenvalue weighted by atomic mass is 10.1. The number of nitrogens with zero attached hydrogens (tertiary/aromatic N) is 1. The van der Waals surface area contributed by atoms with E-state index in [2.05, 4.69) is 0 Å². The van der Waals surface area contributed by atoms with Crippen molar-refractivity contribution in [2.45, 2.75) is 19.0 Å². The van der Waals surface area contributed by atoms with Gasteiger partial charge in [-0.25, -0.2) is 12.8 Å². The van der Waals surface area contributed by atoms with Crippen molar-refractivity contribution in [3.05, 3.63) is 80.9 Å². The molecule has 1 aliphatic rings. The number of amides is 1. The van der Waals surface area contributed by atoms with Gasteiger partial charge in [0, 0.05) is 23.7 Å². The van der Waals surface area contributed by atoms with Crippen molar-refractivity contribution in [1.82, 2.24) is 4.90 Å².